The van der Waals surface area contributed by atoms with Crippen molar-refractivity contribution in [2.45, 2.75) is 31.9 Å². The summed E-state index contributed by atoms with van der Waals surface area (Å²) in [4.78, 5) is 36.7. The highest BCUT2D eigenvalue weighted by Gasteiger charge is 2.27. The predicted octanol–water partition coefficient (Wildman–Crippen LogP) is 4.36. The summed E-state index contributed by atoms with van der Waals surface area (Å²) in [6.45, 7) is -0.171. The van der Waals surface area contributed by atoms with Gasteiger partial charge in [-0.1, -0.05) is 60.1 Å². The number of carboxylic acids is 1. The summed E-state index contributed by atoms with van der Waals surface area (Å²) in [6, 6.07) is 21.7. The molecule has 2 unspecified atom stereocenters. The van der Waals surface area contributed by atoms with Gasteiger partial charge in [0, 0.05) is 11.6 Å². The van der Waals surface area contributed by atoms with Crippen LogP contribution in [0, 0.1) is 5.92 Å². The number of fused-ring (bicyclic) bond motifs is 1. The van der Waals surface area contributed by atoms with E-state index in [0.29, 0.717) is 11.4 Å². The zero-order valence-electron chi connectivity index (χ0n) is 18.8. The van der Waals surface area contributed by atoms with Gasteiger partial charge in [-0.25, -0.2) is 9.36 Å². The molecule has 0 radical (unpaired) electrons. The van der Waals surface area contributed by atoms with Gasteiger partial charge < -0.3 is 14.6 Å². The summed E-state index contributed by atoms with van der Waals surface area (Å²) in [5.74, 6) is -3.18. The Balaban J connectivity index is 1.40. The van der Waals surface area contributed by atoms with Crippen molar-refractivity contribution in [3.05, 3.63) is 104 Å². The number of benzene rings is 3. The van der Waals surface area contributed by atoms with Gasteiger partial charge in [-0.2, -0.15) is 0 Å². The van der Waals surface area contributed by atoms with Crippen molar-refractivity contribution in [2.24, 2.45) is 5.92 Å². The minimum atomic E-state index is -1.19. The minimum absolute atomic E-state index is 0.0883. The number of hydrogen-bond acceptors (Lipinski definition) is 5. The van der Waals surface area contributed by atoms with Crippen LogP contribution in [0.1, 0.15) is 18.4 Å². The lowest BCUT2D eigenvalue weighted by molar-refractivity contribution is -0.146. The number of carboxylic acid groups (broad SMARTS) is 1. The first-order valence-electron chi connectivity index (χ1n) is 11.2. The quantitative estimate of drug-likeness (QED) is 0.358. The number of rotatable bonds is 9. The normalized spacial score (nSPS) is 13.0. The van der Waals surface area contributed by atoms with E-state index in [1.807, 2.05) is 48.5 Å². The molecule has 3 aromatic carbocycles. The van der Waals surface area contributed by atoms with Gasteiger partial charge in [-0.15, -0.1) is 0 Å². The summed E-state index contributed by atoms with van der Waals surface area (Å²) < 4.78 is 6.05. The molecule has 1 heterocycles. The number of aryl methyl sites for hydroxylation is 1. The average molecular weight is 494 g/mol. The predicted molar refractivity (Wildman–Crippen MR) is 134 cm³/mol. The van der Waals surface area contributed by atoms with Crippen molar-refractivity contribution in [1.82, 2.24) is 4.57 Å². The Morgan fingerprint density at radius 3 is 2.20 bits per heavy atom. The lowest BCUT2D eigenvalue weighted by Crippen LogP contribution is -2.36. The zero-order valence-corrected chi connectivity index (χ0v) is 19.5. The summed E-state index contributed by atoms with van der Waals surface area (Å²) in [5, 5.41) is 21.2. The molecule has 0 aliphatic rings. The van der Waals surface area contributed by atoms with E-state index in [1.54, 1.807) is 18.2 Å². The molecule has 4 rings (SSSR count). The smallest absolute Gasteiger partial charge is 0.422 e. The van der Waals surface area contributed by atoms with Crippen molar-refractivity contribution in [3.63, 3.8) is 0 Å². The Hall–Kier alpha value is -3.68. The molecule has 180 valence electrons. The Bertz CT molecular complexity index is 1440. The summed E-state index contributed by atoms with van der Waals surface area (Å²) in [7, 11) is 0. The number of aromatic nitrogens is 1. The number of nitrogens with zero attached hydrogens (tertiary/aromatic N) is 1. The lowest BCUT2D eigenvalue weighted by atomic mass is 9.93. The van der Waals surface area contributed by atoms with Crippen LogP contribution in [0.15, 0.2) is 86.8 Å². The summed E-state index contributed by atoms with van der Waals surface area (Å²) in [6.07, 6.45) is -0.538. The summed E-state index contributed by atoms with van der Waals surface area (Å²) in [5.41, 5.74) is 2.64. The molecule has 2 N–H and O–H groups in total. The van der Waals surface area contributed by atoms with E-state index < -0.39 is 29.3 Å². The molecule has 35 heavy (non-hydrogen) atoms. The molecule has 0 bridgehead atoms. The molecule has 0 fully saturated rings. The molecule has 0 saturated heterocycles. The minimum Gasteiger partial charge on any atom is -0.481 e. The van der Waals surface area contributed by atoms with Gasteiger partial charge in [0.1, 0.15) is 5.58 Å². The highest BCUT2D eigenvalue weighted by Crippen LogP contribution is 2.23. The van der Waals surface area contributed by atoms with Crippen molar-refractivity contribution >= 4 is 28.5 Å². The van der Waals surface area contributed by atoms with Crippen molar-refractivity contribution in [3.8, 4) is 11.1 Å². The fraction of sp³-hybridized carbons (Fsp3) is 0.222. The van der Waals surface area contributed by atoms with Gasteiger partial charge in [-0.05, 0) is 60.2 Å². The van der Waals surface area contributed by atoms with Gasteiger partial charge in [0.2, 0.25) is 0 Å². The average Bonchev–Trinajstić information content (AvgIpc) is 2.85. The molecule has 0 amide bonds. The standard InChI is InChI=1S/C27H24ClNO6/c28-20-12-10-19(11-13-20)18-8-5-17(6-9-18)7-14-23(30)21(26(32)33)15-16-29-25(31)22-3-1-2-4-24(22)35-27(29)34/h1-6,8-13,21,23,30H,7,14-16H2,(H,32,33). The number of halogens is 1. The maximum absolute atomic E-state index is 12.6. The largest absolute Gasteiger partial charge is 0.481 e. The van der Waals surface area contributed by atoms with Crippen molar-refractivity contribution < 1.29 is 19.4 Å². The zero-order chi connectivity index (χ0) is 24.9. The molecule has 7 nitrogen and oxygen atoms in total. The van der Waals surface area contributed by atoms with E-state index in [0.717, 1.165) is 21.3 Å². The van der Waals surface area contributed by atoms with Gasteiger partial charge in [-0.3, -0.25) is 9.59 Å². The second kappa shape index (κ2) is 10.7. The van der Waals surface area contributed by atoms with E-state index in [4.69, 9.17) is 16.0 Å². The van der Waals surface area contributed by atoms with E-state index >= 15 is 0 Å². The number of hydrogen-bond donors (Lipinski definition) is 2. The van der Waals surface area contributed by atoms with Crippen LogP contribution in [0.5, 0.6) is 0 Å². The van der Waals surface area contributed by atoms with E-state index in [9.17, 15) is 24.6 Å². The fourth-order valence-corrected chi connectivity index (χ4v) is 4.20. The Kier molecular flexibility index (Phi) is 7.48. The molecule has 2 atom stereocenters. The number of aliphatic hydroxyl groups is 1. The third kappa shape index (κ3) is 5.70. The molecule has 0 spiro atoms. The number of carbonyl (C=O) groups is 1. The fourth-order valence-electron chi connectivity index (χ4n) is 4.07. The first-order valence-corrected chi connectivity index (χ1v) is 11.6. The Morgan fingerprint density at radius 2 is 1.54 bits per heavy atom. The van der Waals surface area contributed by atoms with Gasteiger partial charge in [0.25, 0.3) is 5.56 Å². The van der Waals surface area contributed by atoms with Crippen LogP contribution in [-0.2, 0) is 17.8 Å². The number of aliphatic hydroxyl groups excluding tert-OH is 1. The molecular weight excluding hydrogens is 470 g/mol. The molecule has 8 heteroatoms. The third-order valence-corrected chi connectivity index (χ3v) is 6.34. The van der Waals surface area contributed by atoms with Crippen LogP contribution in [0.3, 0.4) is 0 Å². The number of aliphatic carboxylic acids is 1. The van der Waals surface area contributed by atoms with Gasteiger partial charge in [0.15, 0.2) is 0 Å². The van der Waals surface area contributed by atoms with E-state index in [2.05, 4.69) is 0 Å². The summed E-state index contributed by atoms with van der Waals surface area (Å²) >= 11 is 5.94. The Morgan fingerprint density at radius 1 is 0.914 bits per heavy atom. The molecule has 0 aliphatic carbocycles. The first-order chi connectivity index (χ1) is 16.8. The van der Waals surface area contributed by atoms with Gasteiger partial charge in [0.05, 0.1) is 17.4 Å². The molecular formula is C27H24ClNO6. The first kappa shape index (κ1) is 24.4. The molecule has 1 aromatic heterocycles. The maximum Gasteiger partial charge on any atom is 0.422 e. The topological polar surface area (TPSA) is 110 Å². The van der Waals surface area contributed by atoms with Crippen LogP contribution in [0.25, 0.3) is 22.1 Å². The van der Waals surface area contributed by atoms with Crippen molar-refractivity contribution in [2.75, 3.05) is 0 Å². The van der Waals surface area contributed by atoms with Gasteiger partial charge >= 0.3 is 11.7 Å². The van der Waals surface area contributed by atoms with Crippen LogP contribution in [0.2, 0.25) is 5.02 Å². The SMILES string of the molecule is O=C(O)C(CCn1c(=O)oc2ccccc2c1=O)C(O)CCc1ccc(-c2ccc(Cl)cc2)cc1. The van der Waals surface area contributed by atoms with Crippen LogP contribution < -0.4 is 11.3 Å². The second-order valence-electron chi connectivity index (χ2n) is 8.36. The van der Waals surface area contributed by atoms with Crippen LogP contribution in [-0.4, -0.2) is 26.9 Å². The van der Waals surface area contributed by atoms with Crippen LogP contribution in [0.4, 0.5) is 0 Å². The molecule has 4 aromatic rings. The monoisotopic (exact) mass is 493 g/mol. The highest BCUT2D eigenvalue weighted by molar-refractivity contribution is 6.30. The third-order valence-electron chi connectivity index (χ3n) is 6.09. The molecule has 0 aliphatic heterocycles. The molecule has 0 saturated carbocycles. The second-order valence-corrected chi connectivity index (χ2v) is 8.80. The van der Waals surface area contributed by atoms with Crippen LogP contribution >= 0.6 is 11.6 Å². The Labute approximate surface area is 205 Å². The highest BCUT2D eigenvalue weighted by atomic mass is 35.5. The van der Waals surface area contributed by atoms with E-state index in [-0.39, 0.29) is 30.4 Å². The lowest BCUT2D eigenvalue weighted by Gasteiger charge is -2.19. The van der Waals surface area contributed by atoms with E-state index in [1.165, 1.54) is 6.07 Å². The number of para-hydroxylation sites is 1. The van der Waals surface area contributed by atoms with Crippen molar-refractivity contribution in [1.29, 1.82) is 0 Å². The maximum atomic E-state index is 12.6.